The fourth-order valence-corrected chi connectivity index (χ4v) is 4.87. The Kier molecular flexibility index (Phi) is 7.86. The first-order chi connectivity index (χ1) is 13.1. The maximum atomic E-state index is 11.5. The van der Waals surface area contributed by atoms with Gasteiger partial charge in [-0.25, -0.2) is 13.1 Å². The monoisotopic (exact) mass is 409 g/mol. The number of nitrogens with zero attached hydrogens (tertiary/aromatic N) is 3. The molecule has 1 aliphatic heterocycles. The molecule has 0 aromatic heterocycles. The molecule has 2 N–H and O–H groups in total. The fourth-order valence-electron chi connectivity index (χ4n) is 3.80. The van der Waals surface area contributed by atoms with E-state index in [4.69, 9.17) is 0 Å². The highest BCUT2D eigenvalue weighted by atomic mass is 32.2. The standard InChI is InChI=1S/C20H35N5O2S/c1-6-18(17-10-8-7-9-11-17)24-12-14-25(15-13-24)19(21-4)22-16-20(2,3)23-28(5,26)27/h7-11,18,23H,6,12-16H2,1-5H3,(H,21,22). The van der Waals surface area contributed by atoms with E-state index in [1.807, 2.05) is 13.8 Å². The molecule has 1 saturated heterocycles. The highest BCUT2D eigenvalue weighted by molar-refractivity contribution is 7.88. The minimum atomic E-state index is -3.26. The van der Waals surface area contributed by atoms with Crippen LogP contribution in [0.5, 0.6) is 0 Å². The van der Waals surface area contributed by atoms with Crippen molar-refractivity contribution >= 4 is 16.0 Å². The van der Waals surface area contributed by atoms with Crippen LogP contribution in [-0.2, 0) is 10.0 Å². The predicted octanol–water partition coefficient (Wildman–Crippen LogP) is 1.66. The van der Waals surface area contributed by atoms with E-state index in [0.717, 1.165) is 38.6 Å². The summed E-state index contributed by atoms with van der Waals surface area (Å²) in [6, 6.07) is 11.1. The average molecular weight is 410 g/mol. The third-order valence-corrected chi connectivity index (χ3v) is 5.91. The maximum Gasteiger partial charge on any atom is 0.209 e. The van der Waals surface area contributed by atoms with Crippen molar-refractivity contribution in [2.45, 2.75) is 38.8 Å². The summed E-state index contributed by atoms with van der Waals surface area (Å²) in [5.74, 6) is 0.816. The van der Waals surface area contributed by atoms with Crippen LogP contribution in [0.2, 0.25) is 0 Å². The highest BCUT2D eigenvalue weighted by Crippen LogP contribution is 2.25. The molecule has 2 rings (SSSR count). The molecule has 0 amide bonds. The van der Waals surface area contributed by atoms with Gasteiger partial charge in [0.1, 0.15) is 0 Å². The van der Waals surface area contributed by atoms with Crippen LogP contribution in [0.3, 0.4) is 0 Å². The third-order valence-electron chi connectivity index (χ3n) is 4.99. The molecule has 28 heavy (non-hydrogen) atoms. The van der Waals surface area contributed by atoms with E-state index in [9.17, 15) is 8.42 Å². The van der Waals surface area contributed by atoms with Crippen molar-refractivity contribution in [1.29, 1.82) is 0 Å². The quantitative estimate of drug-likeness (QED) is 0.529. The molecule has 0 bridgehead atoms. The molecule has 1 unspecified atom stereocenters. The van der Waals surface area contributed by atoms with Crippen molar-refractivity contribution in [1.82, 2.24) is 19.8 Å². The van der Waals surface area contributed by atoms with E-state index >= 15 is 0 Å². The number of hydrogen-bond donors (Lipinski definition) is 2. The van der Waals surface area contributed by atoms with Crippen molar-refractivity contribution in [3.63, 3.8) is 0 Å². The number of rotatable bonds is 7. The lowest BCUT2D eigenvalue weighted by atomic mass is 10.0. The average Bonchev–Trinajstić information content (AvgIpc) is 2.63. The lowest BCUT2D eigenvalue weighted by Crippen LogP contribution is -2.57. The molecule has 0 spiro atoms. The van der Waals surface area contributed by atoms with Gasteiger partial charge in [0.2, 0.25) is 10.0 Å². The Bertz CT molecular complexity index is 741. The van der Waals surface area contributed by atoms with Gasteiger partial charge in [-0.15, -0.1) is 0 Å². The largest absolute Gasteiger partial charge is 0.354 e. The number of sulfonamides is 1. The van der Waals surface area contributed by atoms with Crippen LogP contribution in [0.25, 0.3) is 0 Å². The minimum absolute atomic E-state index is 0.441. The van der Waals surface area contributed by atoms with Crippen molar-refractivity contribution in [3.05, 3.63) is 35.9 Å². The molecule has 1 fully saturated rings. The van der Waals surface area contributed by atoms with Crippen molar-refractivity contribution < 1.29 is 8.42 Å². The number of hydrogen-bond acceptors (Lipinski definition) is 4. The van der Waals surface area contributed by atoms with E-state index < -0.39 is 15.6 Å². The second-order valence-corrected chi connectivity index (χ2v) is 9.77. The lowest BCUT2D eigenvalue weighted by molar-refractivity contribution is 0.126. The first-order valence-electron chi connectivity index (χ1n) is 9.89. The number of guanidine groups is 1. The number of aliphatic imine (C=N–C) groups is 1. The van der Waals surface area contributed by atoms with Crippen molar-refractivity contribution in [2.24, 2.45) is 4.99 Å². The van der Waals surface area contributed by atoms with E-state index in [0.29, 0.717) is 12.6 Å². The van der Waals surface area contributed by atoms with Gasteiger partial charge < -0.3 is 10.2 Å². The Hall–Kier alpha value is -1.64. The molecule has 0 radical (unpaired) electrons. The Balaban J connectivity index is 1.92. The van der Waals surface area contributed by atoms with Gasteiger partial charge in [-0.2, -0.15) is 0 Å². The smallest absolute Gasteiger partial charge is 0.209 e. The normalized spacial score (nSPS) is 18.2. The molecule has 158 valence electrons. The second kappa shape index (κ2) is 9.71. The molecule has 7 nitrogen and oxygen atoms in total. The van der Waals surface area contributed by atoms with E-state index in [1.165, 1.54) is 11.8 Å². The summed E-state index contributed by atoms with van der Waals surface area (Å²) in [5, 5.41) is 3.32. The van der Waals surface area contributed by atoms with E-state index in [-0.39, 0.29) is 0 Å². The van der Waals surface area contributed by atoms with E-state index in [1.54, 1.807) is 7.05 Å². The topological polar surface area (TPSA) is 77.0 Å². The van der Waals surface area contributed by atoms with Gasteiger partial charge in [0, 0.05) is 51.4 Å². The van der Waals surface area contributed by atoms with Crippen LogP contribution in [0.1, 0.15) is 38.8 Å². The molecule has 8 heteroatoms. The van der Waals surface area contributed by atoms with Crippen LogP contribution in [0.15, 0.2) is 35.3 Å². The molecule has 1 heterocycles. The molecular weight excluding hydrogens is 374 g/mol. The van der Waals surface area contributed by atoms with Crippen molar-refractivity contribution in [2.75, 3.05) is 46.0 Å². The minimum Gasteiger partial charge on any atom is -0.354 e. The number of nitrogens with one attached hydrogen (secondary N) is 2. The summed E-state index contributed by atoms with van der Waals surface area (Å²) in [5.41, 5.74) is 0.779. The molecule has 0 saturated carbocycles. The first kappa shape index (κ1) is 22.6. The predicted molar refractivity (Wildman–Crippen MR) is 116 cm³/mol. The van der Waals surface area contributed by atoms with Gasteiger partial charge >= 0.3 is 0 Å². The Morgan fingerprint density at radius 1 is 1.18 bits per heavy atom. The zero-order valence-corrected chi connectivity index (χ0v) is 18.6. The SMILES string of the molecule is CCC(c1ccccc1)N1CCN(C(=NC)NCC(C)(C)NS(C)(=O)=O)CC1. The summed E-state index contributed by atoms with van der Waals surface area (Å²) in [4.78, 5) is 9.17. The van der Waals surface area contributed by atoms with Crippen LogP contribution in [0, 0.1) is 0 Å². The Labute approximate surface area is 170 Å². The lowest BCUT2D eigenvalue weighted by Gasteiger charge is -2.41. The molecular formula is C20H35N5O2S. The van der Waals surface area contributed by atoms with Crippen LogP contribution >= 0.6 is 0 Å². The number of piperazine rings is 1. The Morgan fingerprint density at radius 3 is 2.29 bits per heavy atom. The van der Waals surface area contributed by atoms with E-state index in [2.05, 4.69) is 62.1 Å². The summed E-state index contributed by atoms with van der Waals surface area (Å²) < 4.78 is 25.7. The molecule has 1 aromatic rings. The third kappa shape index (κ3) is 6.76. The van der Waals surface area contributed by atoms with Gasteiger partial charge in [0.05, 0.1) is 6.26 Å². The Morgan fingerprint density at radius 2 is 1.79 bits per heavy atom. The summed E-state index contributed by atoms with van der Waals surface area (Å²) >= 11 is 0. The second-order valence-electron chi connectivity index (χ2n) is 8.02. The highest BCUT2D eigenvalue weighted by Gasteiger charge is 2.27. The van der Waals surface area contributed by atoms with Gasteiger partial charge in [0.25, 0.3) is 0 Å². The number of benzene rings is 1. The first-order valence-corrected chi connectivity index (χ1v) is 11.8. The zero-order valence-electron chi connectivity index (χ0n) is 17.8. The van der Waals surface area contributed by atoms with Gasteiger partial charge in [-0.3, -0.25) is 9.89 Å². The summed E-state index contributed by atoms with van der Waals surface area (Å²) in [6.07, 6.45) is 2.27. The van der Waals surface area contributed by atoms with Gasteiger partial charge in [-0.05, 0) is 25.8 Å². The van der Waals surface area contributed by atoms with Crippen LogP contribution in [0.4, 0.5) is 0 Å². The zero-order chi connectivity index (χ0) is 20.8. The van der Waals surface area contributed by atoms with Crippen LogP contribution in [-0.4, -0.2) is 75.7 Å². The van der Waals surface area contributed by atoms with Gasteiger partial charge in [0.15, 0.2) is 5.96 Å². The van der Waals surface area contributed by atoms with Crippen LogP contribution < -0.4 is 10.0 Å². The fraction of sp³-hybridized carbons (Fsp3) is 0.650. The molecule has 0 aliphatic carbocycles. The molecule has 1 atom stereocenters. The summed E-state index contributed by atoms with van der Waals surface area (Å²) in [7, 11) is -1.49. The van der Waals surface area contributed by atoms with Crippen molar-refractivity contribution in [3.8, 4) is 0 Å². The molecule has 1 aromatic carbocycles. The maximum absolute atomic E-state index is 11.5. The van der Waals surface area contributed by atoms with Gasteiger partial charge in [-0.1, -0.05) is 37.3 Å². The molecule has 1 aliphatic rings. The summed E-state index contributed by atoms with van der Waals surface area (Å²) in [6.45, 7) is 10.1.